The van der Waals surface area contributed by atoms with E-state index in [1.165, 1.54) is 11.8 Å². The summed E-state index contributed by atoms with van der Waals surface area (Å²) in [6.07, 6.45) is 6.06. The Morgan fingerprint density at radius 2 is 2.08 bits per heavy atom. The minimum absolute atomic E-state index is 0.410. The Morgan fingerprint density at radius 3 is 2.85 bits per heavy atom. The van der Waals surface area contributed by atoms with Crippen LogP contribution < -0.4 is 0 Å². The molecule has 2 aromatic carbocycles. The monoisotopic (exact) mass is 345 g/mol. The summed E-state index contributed by atoms with van der Waals surface area (Å²) in [5, 5.41) is 0. The molecule has 1 aromatic heterocycles. The summed E-state index contributed by atoms with van der Waals surface area (Å²) in [4.78, 5) is 8.65. The Labute approximate surface area is 154 Å². The molecule has 0 fully saturated rings. The van der Waals surface area contributed by atoms with Gasteiger partial charge in [-0.3, -0.25) is 9.56 Å². The molecule has 0 N–H and O–H groups in total. The molecule has 0 radical (unpaired) electrons. The molecular formula is C22H23N3O. The first kappa shape index (κ1) is 17.8. The van der Waals surface area contributed by atoms with Crippen LogP contribution in [0.15, 0.2) is 79.2 Å². The molecule has 0 saturated carbocycles. The number of nitrogens with zero attached hydrogens (tertiary/aromatic N) is 3. The molecule has 3 rings (SSSR count). The van der Waals surface area contributed by atoms with Gasteiger partial charge in [-0.05, 0) is 47.9 Å². The maximum absolute atomic E-state index is 5.74. The Morgan fingerprint density at radius 1 is 1.19 bits per heavy atom. The second kappa shape index (κ2) is 8.41. The third-order valence-electron chi connectivity index (χ3n) is 4.22. The standard InChI is InChI=1S/C22H23N3O/c1-4-17-10-11-22-21(13-17)24-16-25(22)20-9-7-8-18(12-20)14-26-15-19(5-2)23-6-3/h5-13,16H,2-4,14-15H2,1H3. The lowest BCUT2D eigenvalue weighted by molar-refractivity contribution is 0.158. The van der Waals surface area contributed by atoms with Gasteiger partial charge < -0.3 is 4.74 Å². The van der Waals surface area contributed by atoms with E-state index in [1.807, 2.05) is 12.4 Å². The van der Waals surface area contributed by atoms with E-state index in [0.29, 0.717) is 13.2 Å². The summed E-state index contributed by atoms with van der Waals surface area (Å²) in [6.45, 7) is 10.4. The van der Waals surface area contributed by atoms with Crippen molar-refractivity contribution >= 4 is 16.7 Å². The van der Waals surface area contributed by atoms with E-state index in [1.54, 1.807) is 6.08 Å². The van der Waals surface area contributed by atoms with Crippen LogP contribution in [0, 0.1) is 0 Å². The molecule has 0 aliphatic rings. The van der Waals surface area contributed by atoms with E-state index < -0.39 is 0 Å². The van der Waals surface area contributed by atoms with E-state index in [-0.39, 0.29) is 0 Å². The fraction of sp³-hybridized carbons (Fsp3) is 0.182. The second-order valence-electron chi connectivity index (χ2n) is 5.96. The molecule has 0 bridgehead atoms. The van der Waals surface area contributed by atoms with Gasteiger partial charge in [0.15, 0.2) is 0 Å². The largest absolute Gasteiger partial charge is 0.370 e. The fourth-order valence-electron chi connectivity index (χ4n) is 2.82. The van der Waals surface area contributed by atoms with Crippen LogP contribution in [0.3, 0.4) is 0 Å². The Balaban J connectivity index is 1.78. The van der Waals surface area contributed by atoms with Crippen LogP contribution in [0.25, 0.3) is 16.7 Å². The SMILES string of the molecule is C=CN=C(C=C)COCc1cccc(-n2cnc3cc(CC)ccc32)c1. The molecule has 0 atom stereocenters. The molecule has 0 unspecified atom stereocenters. The van der Waals surface area contributed by atoms with Gasteiger partial charge in [0.25, 0.3) is 0 Å². The predicted octanol–water partition coefficient (Wildman–Crippen LogP) is 4.88. The lowest BCUT2D eigenvalue weighted by Gasteiger charge is -2.08. The molecule has 0 saturated heterocycles. The average Bonchev–Trinajstić information content (AvgIpc) is 3.10. The third-order valence-corrected chi connectivity index (χ3v) is 4.22. The van der Waals surface area contributed by atoms with Gasteiger partial charge in [-0.25, -0.2) is 4.98 Å². The zero-order chi connectivity index (χ0) is 18.4. The first-order chi connectivity index (χ1) is 12.7. The van der Waals surface area contributed by atoms with Crippen LogP contribution in [0.2, 0.25) is 0 Å². The maximum atomic E-state index is 5.74. The fourth-order valence-corrected chi connectivity index (χ4v) is 2.82. The molecule has 4 heteroatoms. The molecule has 0 aliphatic carbocycles. The molecule has 3 aromatic rings. The summed E-state index contributed by atoms with van der Waals surface area (Å²) in [5.74, 6) is 0. The van der Waals surface area contributed by atoms with Crippen molar-refractivity contribution in [2.24, 2.45) is 4.99 Å². The number of benzene rings is 2. The number of aromatic nitrogens is 2. The Kier molecular flexibility index (Phi) is 5.77. The Bertz CT molecular complexity index is 953. The molecule has 26 heavy (non-hydrogen) atoms. The highest BCUT2D eigenvalue weighted by Gasteiger charge is 2.06. The van der Waals surface area contributed by atoms with Gasteiger partial charge in [0.2, 0.25) is 0 Å². The highest BCUT2D eigenvalue weighted by Crippen LogP contribution is 2.20. The average molecular weight is 345 g/mol. The number of hydrogen-bond donors (Lipinski definition) is 0. The molecule has 4 nitrogen and oxygen atoms in total. The van der Waals surface area contributed by atoms with Gasteiger partial charge in [-0.15, -0.1) is 0 Å². The van der Waals surface area contributed by atoms with Crippen LogP contribution >= 0.6 is 0 Å². The van der Waals surface area contributed by atoms with Gasteiger partial charge >= 0.3 is 0 Å². The van der Waals surface area contributed by atoms with E-state index in [4.69, 9.17) is 4.74 Å². The van der Waals surface area contributed by atoms with Gasteiger partial charge in [-0.1, -0.05) is 38.3 Å². The summed E-state index contributed by atoms with van der Waals surface area (Å²) in [5.41, 5.74) is 6.35. The minimum atomic E-state index is 0.410. The van der Waals surface area contributed by atoms with Crippen molar-refractivity contribution < 1.29 is 4.74 Å². The highest BCUT2D eigenvalue weighted by atomic mass is 16.5. The zero-order valence-corrected chi connectivity index (χ0v) is 15.1. The number of hydrogen-bond acceptors (Lipinski definition) is 3. The van der Waals surface area contributed by atoms with Gasteiger partial charge in [0.05, 0.1) is 30.0 Å². The quantitative estimate of drug-likeness (QED) is 0.546. The number of aliphatic imine (C=N–C) groups is 1. The molecule has 0 aliphatic heterocycles. The molecule has 0 amide bonds. The van der Waals surface area contributed by atoms with Crippen molar-refractivity contribution in [3.05, 3.63) is 85.4 Å². The van der Waals surface area contributed by atoms with Crippen molar-refractivity contribution in [2.45, 2.75) is 20.0 Å². The topological polar surface area (TPSA) is 39.4 Å². The van der Waals surface area contributed by atoms with Crippen molar-refractivity contribution in [3.8, 4) is 5.69 Å². The molecule has 1 heterocycles. The highest BCUT2D eigenvalue weighted by molar-refractivity contribution is 5.95. The first-order valence-corrected chi connectivity index (χ1v) is 8.68. The lowest BCUT2D eigenvalue weighted by atomic mass is 10.1. The van der Waals surface area contributed by atoms with Crippen LogP contribution in [-0.4, -0.2) is 21.9 Å². The maximum Gasteiger partial charge on any atom is 0.100 e. The van der Waals surface area contributed by atoms with Crippen LogP contribution in [0.1, 0.15) is 18.1 Å². The van der Waals surface area contributed by atoms with E-state index in [2.05, 4.69) is 71.0 Å². The number of fused-ring (bicyclic) bond motifs is 1. The van der Waals surface area contributed by atoms with E-state index in [9.17, 15) is 0 Å². The molecular weight excluding hydrogens is 322 g/mol. The summed E-state index contributed by atoms with van der Waals surface area (Å²) >= 11 is 0. The van der Waals surface area contributed by atoms with Crippen molar-refractivity contribution in [1.82, 2.24) is 9.55 Å². The minimum Gasteiger partial charge on any atom is -0.370 e. The zero-order valence-electron chi connectivity index (χ0n) is 15.1. The van der Waals surface area contributed by atoms with Crippen molar-refractivity contribution in [1.29, 1.82) is 0 Å². The lowest BCUT2D eigenvalue weighted by Crippen LogP contribution is -2.05. The van der Waals surface area contributed by atoms with Crippen LogP contribution in [-0.2, 0) is 17.8 Å². The summed E-state index contributed by atoms with van der Waals surface area (Å²) < 4.78 is 7.84. The van der Waals surface area contributed by atoms with Gasteiger partial charge in [-0.2, -0.15) is 0 Å². The summed E-state index contributed by atoms with van der Waals surface area (Å²) in [6, 6.07) is 14.7. The number of imidazole rings is 1. The summed E-state index contributed by atoms with van der Waals surface area (Å²) in [7, 11) is 0. The van der Waals surface area contributed by atoms with Gasteiger partial charge in [0, 0.05) is 11.9 Å². The normalized spacial score (nSPS) is 11.7. The second-order valence-corrected chi connectivity index (χ2v) is 5.96. The van der Waals surface area contributed by atoms with Crippen molar-refractivity contribution in [2.75, 3.05) is 6.61 Å². The third kappa shape index (κ3) is 3.98. The van der Waals surface area contributed by atoms with Crippen molar-refractivity contribution in [3.63, 3.8) is 0 Å². The van der Waals surface area contributed by atoms with E-state index in [0.717, 1.165) is 34.4 Å². The molecule has 0 spiro atoms. The number of rotatable bonds is 8. The smallest absolute Gasteiger partial charge is 0.100 e. The number of aryl methyl sites for hydroxylation is 1. The Hall–Kier alpha value is -2.98. The van der Waals surface area contributed by atoms with Crippen LogP contribution in [0.5, 0.6) is 0 Å². The number of ether oxygens (including phenoxy) is 1. The van der Waals surface area contributed by atoms with E-state index >= 15 is 0 Å². The van der Waals surface area contributed by atoms with Crippen LogP contribution in [0.4, 0.5) is 0 Å². The predicted molar refractivity (Wildman–Crippen MR) is 108 cm³/mol. The molecule has 132 valence electrons. The first-order valence-electron chi connectivity index (χ1n) is 8.68. The van der Waals surface area contributed by atoms with Gasteiger partial charge in [0.1, 0.15) is 6.33 Å².